The first-order valence-corrected chi connectivity index (χ1v) is 9.72. The molecule has 3 nitrogen and oxygen atoms in total. The maximum Gasteiger partial charge on any atom is 0.137 e. The number of unbranched alkanes of at least 4 members (excludes halogenated alkanes) is 1. The van der Waals surface area contributed by atoms with Crippen molar-refractivity contribution in [2.45, 2.75) is 45.2 Å². The van der Waals surface area contributed by atoms with E-state index in [4.69, 9.17) is 12.2 Å². The number of nitrogens with one attached hydrogen (secondary N) is 1. The lowest BCUT2D eigenvalue weighted by Gasteiger charge is -2.41. The van der Waals surface area contributed by atoms with E-state index in [1.165, 1.54) is 35.0 Å². The Kier molecular flexibility index (Phi) is 5.29. The van der Waals surface area contributed by atoms with E-state index in [-0.39, 0.29) is 18.7 Å². The summed E-state index contributed by atoms with van der Waals surface area (Å²) in [6, 6.07) is 8.65. The van der Waals surface area contributed by atoms with Gasteiger partial charge < -0.3 is 15.0 Å². The van der Waals surface area contributed by atoms with E-state index in [1.807, 2.05) is 0 Å². The number of benzene rings is 1. The summed E-state index contributed by atoms with van der Waals surface area (Å²) >= 11 is 7.43. The van der Waals surface area contributed by atoms with Gasteiger partial charge >= 0.3 is 0 Å². The van der Waals surface area contributed by atoms with Crippen molar-refractivity contribution < 1.29 is 5.11 Å². The fourth-order valence-electron chi connectivity index (χ4n) is 3.42. The SMILES string of the molecule is CCCCSC(=S)N1[C@H](CO)Cc2c([nH]c3ccccc23)[C@@H]1C. The summed E-state index contributed by atoms with van der Waals surface area (Å²) in [4.78, 5) is 5.80. The van der Waals surface area contributed by atoms with Gasteiger partial charge in [0.05, 0.1) is 18.7 Å². The summed E-state index contributed by atoms with van der Waals surface area (Å²) in [5.41, 5.74) is 3.76. The molecule has 0 spiro atoms. The summed E-state index contributed by atoms with van der Waals surface area (Å²) < 4.78 is 0.911. The maximum atomic E-state index is 9.91. The molecule has 1 aliphatic rings. The van der Waals surface area contributed by atoms with Gasteiger partial charge in [0.2, 0.25) is 0 Å². The fourth-order valence-corrected chi connectivity index (χ4v) is 5.05. The number of rotatable bonds is 4. The van der Waals surface area contributed by atoms with Crippen LogP contribution < -0.4 is 0 Å². The van der Waals surface area contributed by atoms with Crippen LogP contribution in [0.4, 0.5) is 0 Å². The molecule has 2 aromatic rings. The zero-order valence-corrected chi connectivity index (χ0v) is 15.3. The van der Waals surface area contributed by atoms with Gasteiger partial charge in [-0.2, -0.15) is 0 Å². The van der Waals surface area contributed by atoms with Gasteiger partial charge in [-0.15, -0.1) is 0 Å². The molecule has 2 N–H and O–H groups in total. The molecule has 23 heavy (non-hydrogen) atoms. The highest BCUT2D eigenvalue weighted by Crippen LogP contribution is 2.38. The van der Waals surface area contributed by atoms with Crippen LogP contribution in [-0.4, -0.2) is 37.7 Å². The second-order valence-electron chi connectivity index (χ2n) is 6.15. The van der Waals surface area contributed by atoms with Crippen molar-refractivity contribution in [3.05, 3.63) is 35.5 Å². The zero-order valence-electron chi connectivity index (χ0n) is 13.7. The highest BCUT2D eigenvalue weighted by molar-refractivity contribution is 8.22. The van der Waals surface area contributed by atoms with Crippen LogP contribution in [0, 0.1) is 0 Å². The predicted octanol–water partition coefficient (Wildman–Crippen LogP) is 4.27. The summed E-state index contributed by atoms with van der Waals surface area (Å²) in [6.45, 7) is 4.51. The highest BCUT2D eigenvalue weighted by Gasteiger charge is 2.35. The van der Waals surface area contributed by atoms with Crippen molar-refractivity contribution in [1.29, 1.82) is 0 Å². The maximum absolute atomic E-state index is 9.91. The van der Waals surface area contributed by atoms with E-state index in [0.717, 1.165) is 16.5 Å². The Bertz CT molecular complexity index is 697. The van der Waals surface area contributed by atoms with Crippen molar-refractivity contribution in [3.8, 4) is 0 Å². The average molecular weight is 349 g/mol. The Morgan fingerprint density at radius 1 is 1.43 bits per heavy atom. The molecule has 1 aliphatic heterocycles. The average Bonchev–Trinajstić information content (AvgIpc) is 2.94. The van der Waals surface area contributed by atoms with Gasteiger partial charge in [0, 0.05) is 22.3 Å². The van der Waals surface area contributed by atoms with Crippen molar-refractivity contribution in [2.75, 3.05) is 12.4 Å². The van der Waals surface area contributed by atoms with Gasteiger partial charge in [-0.25, -0.2) is 0 Å². The number of nitrogens with zero attached hydrogens (tertiary/aromatic N) is 1. The van der Waals surface area contributed by atoms with Gasteiger partial charge in [0.1, 0.15) is 4.32 Å². The molecule has 0 saturated heterocycles. The van der Waals surface area contributed by atoms with Crippen LogP contribution in [0.5, 0.6) is 0 Å². The monoisotopic (exact) mass is 348 g/mol. The largest absolute Gasteiger partial charge is 0.394 e. The first-order valence-electron chi connectivity index (χ1n) is 8.32. The van der Waals surface area contributed by atoms with Gasteiger partial charge in [-0.05, 0) is 31.4 Å². The van der Waals surface area contributed by atoms with E-state index in [2.05, 4.69) is 48.0 Å². The molecular formula is C18H24N2OS2. The Morgan fingerprint density at radius 3 is 2.96 bits per heavy atom. The molecule has 0 unspecified atom stereocenters. The number of aromatic amines is 1. The number of aliphatic hydroxyl groups is 1. The van der Waals surface area contributed by atoms with E-state index in [1.54, 1.807) is 11.8 Å². The standard InChI is InChI=1S/C18H24N2OS2/c1-3-4-9-23-18(22)20-12(2)17-15(10-13(20)11-21)14-7-5-6-8-16(14)19-17/h5-8,12-13,19,21H,3-4,9-11H2,1-2H3/t12-,13-/m0/s1. The van der Waals surface area contributed by atoms with E-state index in [0.29, 0.717) is 0 Å². The zero-order chi connectivity index (χ0) is 16.4. The number of thiocarbonyl (C=S) groups is 1. The quantitative estimate of drug-likeness (QED) is 0.639. The second-order valence-corrected chi connectivity index (χ2v) is 7.88. The Balaban J connectivity index is 1.91. The van der Waals surface area contributed by atoms with E-state index < -0.39 is 0 Å². The molecule has 0 radical (unpaired) electrons. The first-order chi connectivity index (χ1) is 11.2. The smallest absolute Gasteiger partial charge is 0.137 e. The summed E-state index contributed by atoms with van der Waals surface area (Å²) in [6.07, 6.45) is 3.20. The van der Waals surface area contributed by atoms with Crippen LogP contribution in [0.3, 0.4) is 0 Å². The normalized spacial score (nSPS) is 20.7. The molecule has 124 valence electrons. The van der Waals surface area contributed by atoms with Crippen molar-refractivity contribution >= 4 is 39.2 Å². The Labute approximate surface area is 147 Å². The first kappa shape index (κ1) is 16.8. The molecule has 0 bridgehead atoms. The number of H-pyrrole nitrogens is 1. The minimum atomic E-state index is 0.0679. The molecule has 0 saturated carbocycles. The lowest BCUT2D eigenvalue weighted by Crippen LogP contribution is -2.46. The topological polar surface area (TPSA) is 39.3 Å². The van der Waals surface area contributed by atoms with Crippen LogP contribution in [0.2, 0.25) is 0 Å². The highest BCUT2D eigenvalue weighted by atomic mass is 32.2. The summed E-state index contributed by atoms with van der Waals surface area (Å²) in [5.74, 6) is 1.05. The second kappa shape index (κ2) is 7.24. The predicted molar refractivity (Wildman–Crippen MR) is 103 cm³/mol. The third-order valence-electron chi connectivity index (χ3n) is 4.66. The van der Waals surface area contributed by atoms with E-state index >= 15 is 0 Å². The van der Waals surface area contributed by atoms with Crippen molar-refractivity contribution in [2.24, 2.45) is 0 Å². The van der Waals surface area contributed by atoms with Gasteiger partial charge in [0.25, 0.3) is 0 Å². The number of aliphatic hydroxyl groups excluding tert-OH is 1. The van der Waals surface area contributed by atoms with Gasteiger partial charge in [-0.1, -0.05) is 55.5 Å². The number of fused-ring (bicyclic) bond motifs is 3. The number of para-hydroxylation sites is 1. The van der Waals surface area contributed by atoms with Crippen LogP contribution >= 0.6 is 24.0 Å². The molecule has 5 heteroatoms. The van der Waals surface area contributed by atoms with Crippen LogP contribution in [-0.2, 0) is 6.42 Å². The molecule has 2 atom stereocenters. The molecule has 0 fully saturated rings. The van der Waals surface area contributed by atoms with Crippen LogP contribution in [0.1, 0.15) is 44.0 Å². The molecule has 0 aliphatic carbocycles. The van der Waals surface area contributed by atoms with Crippen LogP contribution in [0.25, 0.3) is 10.9 Å². The minimum Gasteiger partial charge on any atom is -0.394 e. The number of thioether (sulfide) groups is 1. The molecule has 1 aromatic carbocycles. The summed E-state index contributed by atoms with van der Waals surface area (Å²) in [5, 5.41) is 11.2. The van der Waals surface area contributed by atoms with Gasteiger partial charge in [0.15, 0.2) is 0 Å². The molecule has 3 rings (SSSR count). The van der Waals surface area contributed by atoms with Crippen molar-refractivity contribution in [3.63, 3.8) is 0 Å². The third kappa shape index (κ3) is 3.14. The van der Waals surface area contributed by atoms with Crippen molar-refractivity contribution in [1.82, 2.24) is 9.88 Å². The third-order valence-corrected chi connectivity index (χ3v) is 6.17. The van der Waals surface area contributed by atoms with E-state index in [9.17, 15) is 5.11 Å². The summed E-state index contributed by atoms with van der Waals surface area (Å²) in [7, 11) is 0. The van der Waals surface area contributed by atoms with Gasteiger partial charge in [-0.3, -0.25) is 0 Å². The number of hydrogen-bond donors (Lipinski definition) is 2. The lowest BCUT2D eigenvalue weighted by atomic mass is 9.93. The number of aromatic nitrogens is 1. The Morgan fingerprint density at radius 2 is 2.22 bits per heavy atom. The molecule has 2 heterocycles. The molecule has 0 amide bonds. The Hall–Kier alpha value is -1.04. The van der Waals surface area contributed by atoms with Crippen LogP contribution in [0.15, 0.2) is 24.3 Å². The molecular weight excluding hydrogens is 324 g/mol. The molecule has 1 aromatic heterocycles. The lowest BCUT2D eigenvalue weighted by molar-refractivity contribution is 0.146. The minimum absolute atomic E-state index is 0.0679. The number of hydrogen-bond acceptors (Lipinski definition) is 3. The fraction of sp³-hybridized carbons (Fsp3) is 0.500.